The molecule has 2 aliphatic rings. The molecular formula is C18H34O3. The van der Waals surface area contributed by atoms with E-state index < -0.39 is 0 Å². The summed E-state index contributed by atoms with van der Waals surface area (Å²) in [4.78, 5) is 0. The van der Waals surface area contributed by atoms with E-state index in [-0.39, 0.29) is 17.5 Å². The van der Waals surface area contributed by atoms with Crippen molar-refractivity contribution in [2.45, 2.75) is 104 Å². The van der Waals surface area contributed by atoms with Crippen LogP contribution < -0.4 is 0 Å². The molecule has 0 bridgehead atoms. The van der Waals surface area contributed by atoms with Gasteiger partial charge in [-0.2, -0.15) is 0 Å². The molecule has 2 fully saturated rings. The van der Waals surface area contributed by atoms with E-state index in [0.717, 1.165) is 25.9 Å². The lowest BCUT2D eigenvalue weighted by atomic mass is 9.76. The summed E-state index contributed by atoms with van der Waals surface area (Å²) in [5.74, 6) is -0.365. The highest BCUT2D eigenvalue weighted by Gasteiger charge is 2.65. The number of hydrogen-bond donors (Lipinski definition) is 0. The highest BCUT2D eigenvalue weighted by molar-refractivity contribution is 5.05. The third-order valence-electron chi connectivity index (χ3n) is 5.40. The average molecular weight is 298 g/mol. The van der Waals surface area contributed by atoms with Gasteiger partial charge in [-0.1, -0.05) is 52.9 Å². The van der Waals surface area contributed by atoms with E-state index in [4.69, 9.17) is 14.2 Å². The maximum absolute atomic E-state index is 6.26. The second kappa shape index (κ2) is 7.43. The molecule has 2 rings (SSSR count). The molecule has 0 aromatic heterocycles. The number of ether oxygens (including phenoxy) is 3. The Hall–Kier alpha value is -0.120. The first-order valence-corrected chi connectivity index (χ1v) is 9.05. The Morgan fingerprint density at radius 1 is 1.05 bits per heavy atom. The molecule has 0 aromatic carbocycles. The van der Waals surface area contributed by atoms with Gasteiger partial charge >= 0.3 is 0 Å². The van der Waals surface area contributed by atoms with E-state index in [9.17, 15) is 0 Å². The molecule has 2 unspecified atom stereocenters. The zero-order valence-corrected chi connectivity index (χ0v) is 14.5. The van der Waals surface area contributed by atoms with Gasteiger partial charge in [-0.05, 0) is 26.2 Å². The Bertz CT molecular complexity index is 312. The summed E-state index contributed by atoms with van der Waals surface area (Å²) in [6, 6.07) is 0. The molecule has 0 N–H and O–H groups in total. The molecular weight excluding hydrogens is 264 g/mol. The smallest absolute Gasteiger partial charge is 0.182 e. The Kier molecular flexibility index (Phi) is 6.10. The lowest BCUT2D eigenvalue weighted by molar-refractivity contribution is -0.477. The zero-order chi connectivity index (χ0) is 15.3. The fraction of sp³-hybridized carbons (Fsp3) is 1.00. The SMILES string of the molecule is CCCCCOC1CCC2(OC(C)O2)C1(C)CCCCC. The van der Waals surface area contributed by atoms with E-state index in [1.165, 1.54) is 38.5 Å². The third kappa shape index (κ3) is 3.46. The minimum Gasteiger partial charge on any atom is -0.377 e. The number of hydrogen-bond acceptors (Lipinski definition) is 3. The molecule has 124 valence electrons. The molecule has 1 aliphatic heterocycles. The molecule has 0 radical (unpaired) electrons. The lowest BCUT2D eigenvalue weighted by Crippen LogP contribution is -2.61. The second-order valence-electron chi connectivity index (χ2n) is 7.04. The monoisotopic (exact) mass is 298 g/mol. The van der Waals surface area contributed by atoms with E-state index in [2.05, 4.69) is 20.8 Å². The molecule has 0 aromatic rings. The number of unbranched alkanes of at least 4 members (excludes halogenated alkanes) is 4. The molecule has 1 heterocycles. The van der Waals surface area contributed by atoms with Gasteiger partial charge < -0.3 is 14.2 Å². The summed E-state index contributed by atoms with van der Waals surface area (Å²) >= 11 is 0. The van der Waals surface area contributed by atoms with Crippen LogP contribution in [0.1, 0.15) is 85.5 Å². The van der Waals surface area contributed by atoms with Crippen molar-refractivity contribution in [1.82, 2.24) is 0 Å². The molecule has 3 heteroatoms. The molecule has 1 aliphatic carbocycles. The predicted molar refractivity (Wildman–Crippen MR) is 85.1 cm³/mol. The molecule has 1 spiro atoms. The minimum absolute atomic E-state index is 0.0148. The summed E-state index contributed by atoms with van der Waals surface area (Å²) in [5, 5.41) is 0. The van der Waals surface area contributed by atoms with Crippen molar-refractivity contribution >= 4 is 0 Å². The van der Waals surface area contributed by atoms with Crippen molar-refractivity contribution in [3.8, 4) is 0 Å². The molecule has 2 atom stereocenters. The van der Waals surface area contributed by atoms with Crippen LogP contribution in [0.25, 0.3) is 0 Å². The minimum atomic E-state index is -0.365. The average Bonchev–Trinajstić information content (AvgIpc) is 2.70. The molecule has 21 heavy (non-hydrogen) atoms. The van der Waals surface area contributed by atoms with Gasteiger partial charge in [0.1, 0.15) is 0 Å². The molecule has 3 nitrogen and oxygen atoms in total. The van der Waals surface area contributed by atoms with Gasteiger partial charge in [-0.3, -0.25) is 0 Å². The normalized spacial score (nSPS) is 38.9. The van der Waals surface area contributed by atoms with Crippen LogP contribution in [-0.2, 0) is 14.2 Å². The number of rotatable bonds is 9. The third-order valence-corrected chi connectivity index (χ3v) is 5.40. The van der Waals surface area contributed by atoms with Gasteiger partial charge in [0, 0.05) is 18.4 Å². The first kappa shape index (κ1) is 17.2. The van der Waals surface area contributed by atoms with Crippen LogP contribution in [0.3, 0.4) is 0 Å². The first-order valence-electron chi connectivity index (χ1n) is 9.05. The fourth-order valence-corrected chi connectivity index (χ4v) is 4.04. The van der Waals surface area contributed by atoms with Crippen molar-refractivity contribution in [3.63, 3.8) is 0 Å². The van der Waals surface area contributed by atoms with Crippen molar-refractivity contribution in [3.05, 3.63) is 0 Å². The van der Waals surface area contributed by atoms with Gasteiger partial charge in [0.25, 0.3) is 0 Å². The summed E-state index contributed by atoms with van der Waals surface area (Å²) in [6.45, 7) is 9.69. The van der Waals surface area contributed by atoms with Crippen molar-refractivity contribution in [1.29, 1.82) is 0 Å². The van der Waals surface area contributed by atoms with E-state index >= 15 is 0 Å². The Morgan fingerprint density at radius 3 is 2.33 bits per heavy atom. The second-order valence-corrected chi connectivity index (χ2v) is 7.04. The van der Waals surface area contributed by atoms with Crippen LogP contribution in [0.4, 0.5) is 0 Å². The van der Waals surface area contributed by atoms with Crippen LogP contribution in [0.15, 0.2) is 0 Å². The van der Waals surface area contributed by atoms with Crippen molar-refractivity contribution < 1.29 is 14.2 Å². The summed E-state index contributed by atoms with van der Waals surface area (Å²) in [6.07, 6.45) is 10.9. The summed E-state index contributed by atoms with van der Waals surface area (Å²) in [7, 11) is 0. The van der Waals surface area contributed by atoms with E-state index in [1.54, 1.807) is 0 Å². The standard InChI is InChI=1S/C18H34O3/c1-5-7-9-12-17(4)16(19-14-10-8-6-2)11-13-18(17)20-15(3)21-18/h15-16H,5-14H2,1-4H3. The lowest BCUT2D eigenvalue weighted by Gasteiger charge is -2.54. The van der Waals surface area contributed by atoms with Gasteiger partial charge in [-0.15, -0.1) is 0 Å². The molecule has 0 amide bonds. The van der Waals surface area contributed by atoms with Crippen molar-refractivity contribution in [2.75, 3.05) is 6.61 Å². The topological polar surface area (TPSA) is 27.7 Å². The van der Waals surface area contributed by atoms with Crippen molar-refractivity contribution in [2.24, 2.45) is 5.41 Å². The zero-order valence-electron chi connectivity index (χ0n) is 14.5. The fourth-order valence-electron chi connectivity index (χ4n) is 4.04. The Labute approximate surface area is 130 Å². The van der Waals surface area contributed by atoms with Gasteiger partial charge in [-0.25, -0.2) is 0 Å². The highest BCUT2D eigenvalue weighted by Crippen LogP contribution is 2.58. The van der Waals surface area contributed by atoms with Crippen LogP contribution in [0, 0.1) is 5.41 Å². The Morgan fingerprint density at radius 2 is 1.71 bits per heavy atom. The maximum Gasteiger partial charge on any atom is 0.182 e. The van der Waals surface area contributed by atoms with Crippen LogP contribution >= 0.6 is 0 Å². The van der Waals surface area contributed by atoms with Gasteiger partial charge in [0.15, 0.2) is 12.1 Å². The molecule has 1 saturated heterocycles. The van der Waals surface area contributed by atoms with Crippen LogP contribution in [-0.4, -0.2) is 24.8 Å². The van der Waals surface area contributed by atoms with E-state index in [1.807, 2.05) is 6.92 Å². The summed E-state index contributed by atoms with van der Waals surface area (Å²) in [5.41, 5.74) is 0.0148. The predicted octanol–water partition coefficient (Wildman–Crippen LogP) is 5.03. The van der Waals surface area contributed by atoms with Gasteiger partial charge in [0.2, 0.25) is 0 Å². The Balaban J connectivity index is 1.95. The van der Waals surface area contributed by atoms with Crippen LogP contribution in [0.5, 0.6) is 0 Å². The van der Waals surface area contributed by atoms with Crippen LogP contribution in [0.2, 0.25) is 0 Å². The molecule has 1 saturated carbocycles. The van der Waals surface area contributed by atoms with E-state index in [0.29, 0.717) is 6.10 Å². The highest BCUT2D eigenvalue weighted by atomic mass is 16.9. The first-order chi connectivity index (χ1) is 10.1. The summed E-state index contributed by atoms with van der Waals surface area (Å²) < 4.78 is 18.4. The quantitative estimate of drug-likeness (QED) is 0.559. The van der Waals surface area contributed by atoms with Gasteiger partial charge in [0.05, 0.1) is 6.10 Å². The maximum atomic E-state index is 6.26. The largest absolute Gasteiger partial charge is 0.377 e.